The minimum atomic E-state index is -0.328. The van der Waals surface area contributed by atoms with E-state index >= 15 is 0 Å². The molecule has 3 heterocycles. The van der Waals surface area contributed by atoms with Crippen molar-refractivity contribution in [3.8, 4) is 0 Å². The smallest absolute Gasteiger partial charge is 0.259 e. The first kappa shape index (κ1) is 16.5. The number of fused-ring (bicyclic) bond motifs is 1. The van der Waals surface area contributed by atoms with E-state index in [-0.39, 0.29) is 18.1 Å². The summed E-state index contributed by atoms with van der Waals surface area (Å²) in [4.78, 5) is 19.9. The van der Waals surface area contributed by atoms with Gasteiger partial charge in [0.1, 0.15) is 11.5 Å². The topological polar surface area (TPSA) is 86.5 Å². The van der Waals surface area contributed by atoms with Gasteiger partial charge < -0.3 is 10.3 Å². The molecule has 4 rings (SSSR count). The van der Waals surface area contributed by atoms with Gasteiger partial charge in [-0.3, -0.25) is 9.89 Å². The Morgan fingerprint density at radius 2 is 2.12 bits per heavy atom. The first-order valence-electron chi connectivity index (χ1n) is 7.81. The van der Waals surface area contributed by atoms with E-state index in [0.717, 1.165) is 9.86 Å². The molecular formula is C18H13BrFN5O. The standard InChI is InChI=1S/C18H13BrFN5O/c19-11-6-12-16(9-22-17(12)21-7-11)24-18(26)13-8-23-25-15(13)5-10-3-1-2-4-14(10)20/h1-4,6-9H,5H2,(H,21,22)(H,23,25)(H,24,26). The number of nitrogens with zero attached hydrogens (tertiary/aromatic N) is 2. The summed E-state index contributed by atoms with van der Waals surface area (Å²) in [5.74, 6) is -0.646. The quantitative estimate of drug-likeness (QED) is 0.471. The number of aromatic nitrogens is 4. The van der Waals surface area contributed by atoms with Crippen LogP contribution in [0.4, 0.5) is 10.1 Å². The molecule has 0 unspecified atom stereocenters. The lowest BCUT2D eigenvalue weighted by molar-refractivity contribution is 0.102. The number of rotatable bonds is 4. The summed E-state index contributed by atoms with van der Waals surface area (Å²) in [5.41, 5.74) is 2.68. The molecule has 0 fully saturated rings. The monoisotopic (exact) mass is 413 g/mol. The molecule has 6 nitrogen and oxygen atoms in total. The van der Waals surface area contributed by atoms with Gasteiger partial charge in [-0.1, -0.05) is 18.2 Å². The lowest BCUT2D eigenvalue weighted by Gasteiger charge is -2.06. The lowest BCUT2D eigenvalue weighted by Crippen LogP contribution is -2.13. The van der Waals surface area contributed by atoms with Gasteiger partial charge in [0, 0.05) is 28.7 Å². The van der Waals surface area contributed by atoms with Crippen LogP contribution in [0.15, 0.2) is 53.4 Å². The van der Waals surface area contributed by atoms with E-state index in [1.807, 2.05) is 6.07 Å². The maximum absolute atomic E-state index is 13.9. The molecule has 130 valence electrons. The Balaban J connectivity index is 1.60. The maximum Gasteiger partial charge on any atom is 0.259 e. The SMILES string of the molecule is O=C(Nc1c[nH]c2ncc(Br)cc12)c1cn[nH]c1Cc1ccccc1F. The third kappa shape index (κ3) is 3.11. The Morgan fingerprint density at radius 3 is 2.96 bits per heavy atom. The van der Waals surface area contributed by atoms with Gasteiger partial charge in [0.05, 0.1) is 23.1 Å². The molecule has 0 saturated carbocycles. The van der Waals surface area contributed by atoms with Crippen LogP contribution >= 0.6 is 15.9 Å². The van der Waals surface area contributed by atoms with Gasteiger partial charge in [-0.15, -0.1) is 0 Å². The average Bonchev–Trinajstić information content (AvgIpc) is 3.24. The Bertz CT molecular complexity index is 1100. The molecule has 0 aliphatic heterocycles. The molecule has 8 heteroatoms. The normalized spacial score (nSPS) is 11.0. The number of nitrogens with one attached hydrogen (secondary N) is 3. The van der Waals surface area contributed by atoms with Crippen LogP contribution in [0.5, 0.6) is 0 Å². The van der Waals surface area contributed by atoms with Gasteiger partial charge >= 0.3 is 0 Å². The number of carbonyl (C=O) groups excluding carboxylic acids is 1. The van der Waals surface area contributed by atoms with Crippen molar-refractivity contribution in [2.24, 2.45) is 0 Å². The van der Waals surface area contributed by atoms with E-state index in [9.17, 15) is 9.18 Å². The number of amides is 1. The highest BCUT2D eigenvalue weighted by Crippen LogP contribution is 2.25. The maximum atomic E-state index is 13.9. The number of benzene rings is 1. The number of hydrogen-bond acceptors (Lipinski definition) is 3. The van der Waals surface area contributed by atoms with Crippen LogP contribution < -0.4 is 5.32 Å². The number of hydrogen-bond donors (Lipinski definition) is 3. The van der Waals surface area contributed by atoms with E-state index < -0.39 is 0 Å². The second-order valence-corrected chi connectivity index (χ2v) is 6.65. The molecule has 26 heavy (non-hydrogen) atoms. The van der Waals surface area contributed by atoms with Crippen molar-refractivity contribution in [3.05, 3.63) is 76.0 Å². The summed E-state index contributed by atoms with van der Waals surface area (Å²) in [5, 5.41) is 10.4. The lowest BCUT2D eigenvalue weighted by atomic mass is 10.1. The number of pyridine rings is 1. The molecule has 0 aliphatic rings. The number of H-pyrrole nitrogens is 2. The van der Waals surface area contributed by atoms with Gasteiger partial charge in [0.25, 0.3) is 5.91 Å². The number of aromatic amines is 2. The summed E-state index contributed by atoms with van der Waals surface area (Å²) in [6.45, 7) is 0. The third-order valence-electron chi connectivity index (χ3n) is 4.03. The fraction of sp³-hybridized carbons (Fsp3) is 0.0556. The predicted molar refractivity (Wildman–Crippen MR) is 99.5 cm³/mol. The van der Waals surface area contributed by atoms with Gasteiger partial charge in [-0.25, -0.2) is 9.37 Å². The van der Waals surface area contributed by atoms with E-state index in [4.69, 9.17) is 0 Å². The summed E-state index contributed by atoms with van der Waals surface area (Å²) in [6.07, 6.45) is 5.04. The van der Waals surface area contributed by atoms with Crippen molar-refractivity contribution in [2.75, 3.05) is 5.32 Å². The molecule has 4 aromatic rings. The second-order valence-electron chi connectivity index (χ2n) is 5.74. The molecule has 3 aromatic heterocycles. The summed E-state index contributed by atoms with van der Waals surface area (Å²) < 4.78 is 14.7. The first-order valence-corrected chi connectivity index (χ1v) is 8.61. The Kier molecular flexibility index (Phi) is 4.26. The second kappa shape index (κ2) is 6.72. The Hall–Kier alpha value is -3.00. The number of anilines is 1. The van der Waals surface area contributed by atoms with Crippen molar-refractivity contribution in [1.29, 1.82) is 0 Å². The van der Waals surface area contributed by atoms with Crippen LogP contribution in [0.2, 0.25) is 0 Å². The average molecular weight is 414 g/mol. The zero-order valence-corrected chi connectivity index (χ0v) is 15.0. The van der Waals surface area contributed by atoms with Crippen molar-refractivity contribution >= 4 is 38.6 Å². The van der Waals surface area contributed by atoms with Crippen LogP contribution in [0.3, 0.4) is 0 Å². The van der Waals surface area contributed by atoms with Gasteiger partial charge in [0.15, 0.2) is 0 Å². The van der Waals surface area contributed by atoms with Gasteiger partial charge in [-0.05, 0) is 33.6 Å². The van der Waals surface area contributed by atoms with Crippen molar-refractivity contribution in [2.45, 2.75) is 6.42 Å². The molecule has 1 amide bonds. The van der Waals surface area contributed by atoms with Crippen LogP contribution in [0, 0.1) is 5.82 Å². The van der Waals surface area contributed by atoms with Crippen LogP contribution in [-0.2, 0) is 6.42 Å². The fourth-order valence-electron chi connectivity index (χ4n) is 2.75. The summed E-state index contributed by atoms with van der Waals surface area (Å²) in [6, 6.07) is 8.32. The molecule has 0 saturated heterocycles. The molecule has 0 spiro atoms. The zero-order chi connectivity index (χ0) is 18.1. The fourth-order valence-corrected chi connectivity index (χ4v) is 3.08. The minimum Gasteiger partial charge on any atom is -0.344 e. The van der Waals surface area contributed by atoms with Crippen molar-refractivity contribution in [1.82, 2.24) is 20.2 Å². The van der Waals surface area contributed by atoms with Gasteiger partial charge in [-0.2, -0.15) is 5.10 Å². The molecule has 0 radical (unpaired) electrons. The molecular weight excluding hydrogens is 401 g/mol. The van der Waals surface area contributed by atoms with Crippen molar-refractivity contribution < 1.29 is 9.18 Å². The number of carbonyl (C=O) groups is 1. The van der Waals surface area contributed by atoms with E-state index in [0.29, 0.717) is 28.2 Å². The summed E-state index contributed by atoms with van der Waals surface area (Å²) in [7, 11) is 0. The minimum absolute atomic E-state index is 0.246. The van der Waals surface area contributed by atoms with Crippen molar-refractivity contribution in [3.63, 3.8) is 0 Å². The highest BCUT2D eigenvalue weighted by molar-refractivity contribution is 9.10. The molecule has 1 aromatic carbocycles. The third-order valence-corrected chi connectivity index (χ3v) is 4.47. The molecule has 0 bridgehead atoms. The summed E-state index contributed by atoms with van der Waals surface area (Å²) >= 11 is 3.37. The van der Waals surface area contributed by atoms with Crippen LogP contribution in [0.1, 0.15) is 21.6 Å². The zero-order valence-electron chi connectivity index (χ0n) is 13.4. The molecule has 0 aliphatic carbocycles. The molecule has 0 atom stereocenters. The first-order chi connectivity index (χ1) is 12.6. The predicted octanol–water partition coefficient (Wildman–Crippen LogP) is 4.03. The highest BCUT2D eigenvalue weighted by Gasteiger charge is 2.17. The van der Waals surface area contributed by atoms with E-state index in [1.165, 1.54) is 12.3 Å². The highest BCUT2D eigenvalue weighted by atomic mass is 79.9. The Morgan fingerprint density at radius 1 is 1.27 bits per heavy atom. The van der Waals surface area contributed by atoms with E-state index in [1.54, 1.807) is 30.6 Å². The molecule has 3 N–H and O–H groups in total. The largest absolute Gasteiger partial charge is 0.344 e. The van der Waals surface area contributed by atoms with E-state index in [2.05, 4.69) is 41.4 Å². The number of halogens is 2. The van der Waals surface area contributed by atoms with Gasteiger partial charge in [0.2, 0.25) is 0 Å². The van der Waals surface area contributed by atoms with Crippen LogP contribution in [0.25, 0.3) is 11.0 Å². The Labute approximate surface area is 156 Å². The van der Waals surface area contributed by atoms with Crippen LogP contribution in [-0.4, -0.2) is 26.1 Å².